The minimum Gasteiger partial charge on any atom is -0.338 e. The molecule has 4 rings (SSSR count). The predicted octanol–water partition coefficient (Wildman–Crippen LogP) is 6.19. The minimum absolute atomic E-state index is 0.0166. The summed E-state index contributed by atoms with van der Waals surface area (Å²) in [6.45, 7) is 1.87. The van der Waals surface area contributed by atoms with Crippen molar-refractivity contribution in [3.63, 3.8) is 0 Å². The van der Waals surface area contributed by atoms with Crippen molar-refractivity contribution in [1.29, 1.82) is 0 Å². The molecule has 1 heterocycles. The molecule has 2 amide bonds. The number of benzene rings is 2. The maximum Gasteiger partial charge on any atom is 0.273 e. The van der Waals surface area contributed by atoms with E-state index in [9.17, 15) is 9.59 Å². The Morgan fingerprint density at radius 3 is 2.32 bits per heavy atom. The number of rotatable bonds is 6. The zero-order valence-corrected chi connectivity index (χ0v) is 21.0. The van der Waals surface area contributed by atoms with Gasteiger partial charge in [0.2, 0.25) is 5.91 Å². The van der Waals surface area contributed by atoms with Crippen LogP contribution in [0.25, 0.3) is 16.9 Å². The summed E-state index contributed by atoms with van der Waals surface area (Å²) in [5.74, 6) is -0.382. The molecule has 178 valence electrons. The van der Waals surface area contributed by atoms with Gasteiger partial charge in [0.15, 0.2) is 5.69 Å². The second-order valence-electron chi connectivity index (χ2n) is 8.40. The second-order valence-corrected chi connectivity index (χ2v) is 9.68. The fraction of sp³-hybridized carbons (Fsp3) is 0.320. The van der Waals surface area contributed by atoms with E-state index < -0.39 is 0 Å². The quantitative estimate of drug-likeness (QED) is 0.381. The molecule has 1 aliphatic carbocycles. The molecule has 2 N–H and O–H groups in total. The lowest BCUT2D eigenvalue weighted by molar-refractivity contribution is -0.125. The third-order valence-electron chi connectivity index (χ3n) is 6.08. The fourth-order valence-electron chi connectivity index (χ4n) is 4.29. The Balaban J connectivity index is 1.60. The van der Waals surface area contributed by atoms with Gasteiger partial charge in [-0.05, 0) is 50.1 Å². The van der Waals surface area contributed by atoms with Gasteiger partial charge in [0.1, 0.15) is 0 Å². The van der Waals surface area contributed by atoms with E-state index in [0.717, 1.165) is 31.2 Å². The summed E-state index contributed by atoms with van der Waals surface area (Å²) in [5.41, 5.74) is 3.03. The maximum absolute atomic E-state index is 13.0. The Kier molecular flexibility index (Phi) is 7.81. The van der Waals surface area contributed by atoms with Crippen LogP contribution in [-0.2, 0) is 4.79 Å². The highest BCUT2D eigenvalue weighted by Crippen LogP contribution is 2.33. The minimum atomic E-state index is -0.388. The number of aromatic nitrogens is 2. The summed E-state index contributed by atoms with van der Waals surface area (Å²) in [7, 11) is 0. The maximum atomic E-state index is 13.0. The van der Waals surface area contributed by atoms with Gasteiger partial charge in [0, 0.05) is 27.1 Å². The lowest BCUT2D eigenvalue weighted by Crippen LogP contribution is -2.40. The van der Waals surface area contributed by atoms with E-state index in [0.29, 0.717) is 32.0 Å². The zero-order valence-electron chi connectivity index (χ0n) is 18.7. The van der Waals surface area contributed by atoms with E-state index in [4.69, 9.17) is 34.8 Å². The zero-order chi connectivity index (χ0) is 24.2. The molecule has 0 radical (unpaired) electrons. The van der Waals surface area contributed by atoms with Crippen molar-refractivity contribution in [2.24, 2.45) is 5.92 Å². The van der Waals surface area contributed by atoms with E-state index in [2.05, 4.69) is 15.7 Å². The molecular weight excluding hydrogens is 495 g/mol. The number of amides is 2. The molecule has 6 nitrogen and oxygen atoms in total. The monoisotopic (exact) mass is 518 g/mol. The molecule has 1 aliphatic rings. The smallest absolute Gasteiger partial charge is 0.273 e. The largest absolute Gasteiger partial charge is 0.338 e. The first-order valence-electron chi connectivity index (χ1n) is 11.2. The number of nitrogens with zero attached hydrogens (tertiary/aromatic N) is 2. The molecule has 9 heteroatoms. The molecule has 1 saturated carbocycles. The van der Waals surface area contributed by atoms with Crippen molar-refractivity contribution >= 4 is 46.6 Å². The van der Waals surface area contributed by atoms with Crippen LogP contribution in [0.2, 0.25) is 15.1 Å². The van der Waals surface area contributed by atoms with Gasteiger partial charge in [-0.3, -0.25) is 9.59 Å². The van der Waals surface area contributed by atoms with Crippen molar-refractivity contribution in [1.82, 2.24) is 20.4 Å². The second kappa shape index (κ2) is 10.8. The lowest BCUT2D eigenvalue weighted by Gasteiger charge is -2.20. The number of carbonyl (C=O) groups excluding carboxylic acids is 2. The standard InChI is InChI=1S/C25H25Cl3N4O2/c1-15-22(25(34)30-14-29-24(33)17-5-3-2-4-6-17)31-32(21-12-11-19(27)13-20(21)28)23(15)16-7-9-18(26)10-8-16/h7-13,17H,2-6,14H2,1H3,(H,29,33)(H,30,34). The van der Waals surface area contributed by atoms with E-state index in [-0.39, 0.29) is 30.1 Å². The van der Waals surface area contributed by atoms with Gasteiger partial charge in [0.25, 0.3) is 5.91 Å². The van der Waals surface area contributed by atoms with Crippen LogP contribution in [0, 0.1) is 12.8 Å². The molecule has 2 aromatic carbocycles. The normalized spacial score (nSPS) is 14.1. The van der Waals surface area contributed by atoms with Gasteiger partial charge < -0.3 is 10.6 Å². The highest BCUT2D eigenvalue weighted by Gasteiger charge is 2.24. The Morgan fingerprint density at radius 2 is 1.65 bits per heavy atom. The SMILES string of the molecule is Cc1c(C(=O)NCNC(=O)C2CCCCC2)nn(-c2ccc(Cl)cc2Cl)c1-c1ccc(Cl)cc1. The highest BCUT2D eigenvalue weighted by atomic mass is 35.5. The van der Waals surface area contributed by atoms with Crippen molar-refractivity contribution in [3.05, 3.63) is 68.8 Å². The number of nitrogens with one attached hydrogen (secondary N) is 2. The van der Waals surface area contributed by atoms with Gasteiger partial charge >= 0.3 is 0 Å². The van der Waals surface area contributed by atoms with Crippen molar-refractivity contribution in [3.8, 4) is 16.9 Å². The lowest BCUT2D eigenvalue weighted by atomic mass is 9.89. The summed E-state index contributed by atoms with van der Waals surface area (Å²) in [4.78, 5) is 25.4. The third-order valence-corrected chi connectivity index (χ3v) is 6.87. The van der Waals surface area contributed by atoms with Crippen LogP contribution in [0.5, 0.6) is 0 Å². The number of hydrogen-bond donors (Lipinski definition) is 2. The summed E-state index contributed by atoms with van der Waals surface area (Å²) in [6, 6.07) is 12.4. The van der Waals surface area contributed by atoms with Crippen molar-refractivity contribution in [2.75, 3.05) is 6.67 Å². The average Bonchev–Trinajstić information content (AvgIpc) is 3.17. The van der Waals surface area contributed by atoms with Gasteiger partial charge in [-0.2, -0.15) is 5.10 Å². The van der Waals surface area contributed by atoms with E-state index in [1.807, 2.05) is 19.1 Å². The van der Waals surface area contributed by atoms with Crippen LogP contribution in [0.4, 0.5) is 0 Å². The molecule has 0 saturated heterocycles. The van der Waals surface area contributed by atoms with Crippen LogP contribution in [0.15, 0.2) is 42.5 Å². The Hall–Kier alpha value is -2.54. The number of hydrogen-bond acceptors (Lipinski definition) is 3. The molecule has 34 heavy (non-hydrogen) atoms. The summed E-state index contributed by atoms with van der Waals surface area (Å²) >= 11 is 18.6. The van der Waals surface area contributed by atoms with E-state index in [1.54, 1.807) is 35.0 Å². The molecule has 0 atom stereocenters. The number of halogens is 3. The van der Waals surface area contributed by atoms with Crippen LogP contribution >= 0.6 is 34.8 Å². The topological polar surface area (TPSA) is 76.0 Å². The Labute approximate surface area is 213 Å². The molecule has 0 aliphatic heterocycles. The van der Waals surface area contributed by atoms with Crippen LogP contribution in [-0.4, -0.2) is 28.3 Å². The first kappa shape index (κ1) is 24.6. The molecule has 1 aromatic heterocycles. The molecule has 1 fully saturated rings. The van der Waals surface area contributed by atoms with E-state index in [1.165, 1.54) is 6.42 Å². The predicted molar refractivity (Wildman–Crippen MR) is 136 cm³/mol. The van der Waals surface area contributed by atoms with Crippen LogP contribution < -0.4 is 10.6 Å². The van der Waals surface area contributed by atoms with Gasteiger partial charge in [-0.25, -0.2) is 4.68 Å². The van der Waals surface area contributed by atoms with Crippen molar-refractivity contribution < 1.29 is 9.59 Å². The molecule has 0 bridgehead atoms. The molecular formula is C25H25Cl3N4O2. The molecule has 0 spiro atoms. The summed E-state index contributed by atoms with van der Waals surface area (Å²) < 4.78 is 1.63. The van der Waals surface area contributed by atoms with Crippen LogP contribution in [0.1, 0.15) is 48.2 Å². The fourth-order valence-corrected chi connectivity index (χ4v) is 4.90. The van der Waals surface area contributed by atoms with Crippen molar-refractivity contribution in [2.45, 2.75) is 39.0 Å². The summed E-state index contributed by atoms with van der Waals surface area (Å²) in [6.07, 6.45) is 5.12. The first-order chi connectivity index (χ1) is 16.3. The van der Waals surface area contributed by atoms with Gasteiger partial charge in [-0.1, -0.05) is 66.2 Å². The number of carbonyl (C=O) groups is 2. The van der Waals surface area contributed by atoms with Crippen LogP contribution in [0.3, 0.4) is 0 Å². The third kappa shape index (κ3) is 5.40. The molecule has 3 aromatic rings. The van der Waals surface area contributed by atoms with E-state index >= 15 is 0 Å². The van der Waals surface area contributed by atoms with Gasteiger partial charge in [-0.15, -0.1) is 0 Å². The highest BCUT2D eigenvalue weighted by molar-refractivity contribution is 6.35. The Bertz CT molecular complexity index is 1200. The average molecular weight is 520 g/mol. The molecule has 0 unspecified atom stereocenters. The summed E-state index contributed by atoms with van der Waals surface area (Å²) in [5, 5.41) is 11.7. The van der Waals surface area contributed by atoms with Gasteiger partial charge in [0.05, 0.1) is 23.1 Å². The Morgan fingerprint density at radius 1 is 0.971 bits per heavy atom. The first-order valence-corrected chi connectivity index (χ1v) is 12.4.